The van der Waals surface area contributed by atoms with Gasteiger partial charge in [0.1, 0.15) is 11.3 Å². The number of benzene rings is 1. The molecular weight excluding hydrogens is 271 g/mol. The molecule has 0 aromatic heterocycles. The van der Waals surface area contributed by atoms with Crippen molar-refractivity contribution in [3.63, 3.8) is 0 Å². The molecule has 0 aliphatic carbocycles. The van der Waals surface area contributed by atoms with Crippen LogP contribution in [-0.2, 0) is 6.42 Å². The lowest BCUT2D eigenvalue weighted by molar-refractivity contribution is 0.0693. The van der Waals surface area contributed by atoms with Gasteiger partial charge in [0.15, 0.2) is 0 Å². The predicted molar refractivity (Wildman–Crippen MR) is 57.5 cm³/mol. The van der Waals surface area contributed by atoms with Gasteiger partial charge in [0, 0.05) is 10.9 Å². The molecule has 0 atom stereocenters. The Morgan fingerprint density at radius 2 is 2.21 bits per heavy atom. The standard InChI is InChI=1S/C9H7BrO3.ClH/c10-6-3-5-1-2-13-8(5)7(4-6)9(11)12;/h3-4H,1-2H2,(H,11,12);1H. The first-order valence-electron chi connectivity index (χ1n) is 3.87. The van der Waals surface area contributed by atoms with Crippen molar-refractivity contribution in [2.45, 2.75) is 6.42 Å². The second-order valence-corrected chi connectivity index (χ2v) is 3.76. The highest BCUT2D eigenvalue weighted by atomic mass is 79.9. The Kier molecular flexibility index (Phi) is 3.39. The molecule has 1 aromatic rings. The van der Waals surface area contributed by atoms with Crippen LogP contribution in [-0.4, -0.2) is 17.7 Å². The van der Waals surface area contributed by atoms with Crippen molar-refractivity contribution in [1.29, 1.82) is 0 Å². The first-order chi connectivity index (χ1) is 6.18. The molecule has 1 heterocycles. The Labute approximate surface area is 95.6 Å². The Hall–Kier alpha value is -0.740. The average Bonchev–Trinajstić information content (AvgIpc) is 2.49. The third kappa shape index (κ3) is 1.86. The number of hydrogen-bond acceptors (Lipinski definition) is 2. The van der Waals surface area contributed by atoms with Gasteiger partial charge in [-0.05, 0) is 17.7 Å². The summed E-state index contributed by atoms with van der Waals surface area (Å²) in [5.41, 5.74) is 1.20. The van der Waals surface area contributed by atoms with E-state index in [1.54, 1.807) is 6.07 Å². The van der Waals surface area contributed by atoms with Gasteiger partial charge in [-0.25, -0.2) is 4.79 Å². The Morgan fingerprint density at radius 1 is 1.50 bits per heavy atom. The molecule has 5 heteroatoms. The van der Waals surface area contributed by atoms with Crippen LogP contribution in [0, 0.1) is 0 Å². The van der Waals surface area contributed by atoms with E-state index in [2.05, 4.69) is 15.9 Å². The molecule has 2 rings (SSSR count). The van der Waals surface area contributed by atoms with Crippen LogP contribution in [0.5, 0.6) is 5.75 Å². The van der Waals surface area contributed by atoms with Gasteiger partial charge in [0.25, 0.3) is 0 Å². The molecule has 1 N–H and O–H groups in total. The van der Waals surface area contributed by atoms with Crippen LogP contribution < -0.4 is 4.74 Å². The van der Waals surface area contributed by atoms with Crippen LogP contribution in [0.3, 0.4) is 0 Å². The van der Waals surface area contributed by atoms with Crippen molar-refractivity contribution in [3.8, 4) is 5.75 Å². The lowest BCUT2D eigenvalue weighted by Gasteiger charge is -2.04. The molecular formula is C9H8BrClO3. The van der Waals surface area contributed by atoms with Gasteiger partial charge >= 0.3 is 5.97 Å². The van der Waals surface area contributed by atoms with Crippen molar-refractivity contribution in [2.75, 3.05) is 6.61 Å². The predicted octanol–water partition coefficient (Wildman–Crippen LogP) is 2.50. The highest BCUT2D eigenvalue weighted by Crippen LogP contribution is 2.32. The zero-order chi connectivity index (χ0) is 9.42. The van der Waals surface area contributed by atoms with Gasteiger partial charge in [-0.15, -0.1) is 12.4 Å². The fourth-order valence-corrected chi connectivity index (χ4v) is 1.93. The summed E-state index contributed by atoms with van der Waals surface area (Å²) in [7, 11) is 0. The molecule has 3 nitrogen and oxygen atoms in total. The van der Waals surface area contributed by atoms with E-state index >= 15 is 0 Å². The molecule has 0 spiro atoms. The van der Waals surface area contributed by atoms with E-state index in [9.17, 15) is 4.79 Å². The third-order valence-corrected chi connectivity index (χ3v) is 2.44. The van der Waals surface area contributed by atoms with Gasteiger partial charge in [-0.2, -0.15) is 0 Å². The van der Waals surface area contributed by atoms with E-state index in [1.807, 2.05) is 6.07 Å². The van der Waals surface area contributed by atoms with Gasteiger partial charge in [0.2, 0.25) is 0 Å². The Morgan fingerprint density at radius 3 is 2.86 bits per heavy atom. The van der Waals surface area contributed by atoms with Gasteiger partial charge < -0.3 is 9.84 Å². The maximum Gasteiger partial charge on any atom is 0.339 e. The second kappa shape index (κ2) is 4.19. The molecule has 1 aliphatic rings. The Bertz CT molecular complexity index is 379. The van der Waals surface area contributed by atoms with Crippen LogP contribution in [0.15, 0.2) is 16.6 Å². The quantitative estimate of drug-likeness (QED) is 0.859. The summed E-state index contributed by atoms with van der Waals surface area (Å²) in [6, 6.07) is 3.46. The molecule has 0 saturated heterocycles. The lowest BCUT2D eigenvalue weighted by atomic mass is 10.1. The molecule has 1 aliphatic heterocycles. The van der Waals surface area contributed by atoms with Crippen LogP contribution in [0.2, 0.25) is 0 Å². The second-order valence-electron chi connectivity index (χ2n) is 2.85. The van der Waals surface area contributed by atoms with Crippen LogP contribution in [0.25, 0.3) is 0 Å². The summed E-state index contributed by atoms with van der Waals surface area (Å²) in [4.78, 5) is 10.8. The molecule has 76 valence electrons. The number of carboxylic acids is 1. The monoisotopic (exact) mass is 278 g/mol. The average molecular weight is 280 g/mol. The van der Waals surface area contributed by atoms with E-state index in [0.29, 0.717) is 12.4 Å². The maximum absolute atomic E-state index is 10.8. The maximum atomic E-state index is 10.8. The highest BCUT2D eigenvalue weighted by molar-refractivity contribution is 9.10. The van der Waals surface area contributed by atoms with E-state index < -0.39 is 5.97 Å². The first kappa shape index (κ1) is 11.3. The van der Waals surface area contributed by atoms with Crippen molar-refractivity contribution in [2.24, 2.45) is 0 Å². The first-order valence-corrected chi connectivity index (χ1v) is 4.66. The summed E-state index contributed by atoms with van der Waals surface area (Å²) in [6.45, 7) is 0.575. The molecule has 0 bridgehead atoms. The smallest absolute Gasteiger partial charge is 0.339 e. The number of carboxylic acid groups (broad SMARTS) is 1. The largest absolute Gasteiger partial charge is 0.492 e. The summed E-state index contributed by atoms with van der Waals surface area (Å²) < 4.78 is 6.03. The number of ether oxygens (including phenoxy) is 1. The SMILES string of the molecule is Cl.O=C(O)c1cc(Br)cc2c1OCC2. The normalized spacial score (nSPS) is 12.6. The zero-order valence-corrected chi connectivity index (χ0v) is 9.52. The van der Waals surface area contributed by atoms with Crippen LogP contribution in [0.1, 0.15) is 15.9 Å². The summed E-state index contributed by atoms with van der Waals surface area (Å²) >= 11 is 3.27. The number of halogens is 2. The topological polar surface area (TPSA) is 46.5 Å². The third-order valence-electron chi connectivity index (χ3n) is 1.98. The summed E-state index contributed by atoms with van der Waals surface area (Å²) in [5.74, 6) is -0.421. The molecule has 0 fully saturated rings. The minimum Gasteiger partial charge on any atom is -0.492 e. The lowest BCUT2D eigenvalue weighted by Crippen LogP contribution is -1.99. The minimum absolute atomic E-state index is 0. The van der Waals surface area contributed by atoms with Gasteiger partial charge in [-0.1, -0.05) is 15.9 Å². The van der Waals surface area contributed by atoms with E-state index in [-0.39, 0.29) is 18.0 Å². The number of rotatable bonds is 1. The number of hydrogen-bond donors (Lipinski definition) is 1. The minimum atomic E-state index is -0.945. The van der Waals surface area contributed by atoms with E-state index in [1.165, 1.54) is 0 Å². The van der Waals surface area contributed by atoms with Crippen molar-refractivity contribution in [1.82, 2.24) is 0 Å². The van der Waals surface area contributed by atoms with E-state index in [4.69, 9.17) is 9.84 Å². The number of aromatic carboxylic acids is 1. The molecule has 0 radical (unpaired) electrons. The van der Waals surface area contributed by atoms with Crippen LogP contribution >= 0.6 is 28.3 Å². The van der Waals surface area contributed by atoms with Crippen molar-refractivity contribution < 1.29 is 14.6 Å². The molecule has 0 amide bonds. The van der Waals surface area contributed by atoms with Crippen molar-refractivity contribution in [3.05, 3.63) is 27.7 Å². The summed E-state index contributed by atoms with van der Waals surface area (Å²) in [5, 5.41) is 8.87. The van der Waals surface area contributed by atoms with Crippen LogP contribution in [0.4, 0.5) is 0 Å². The summed E-state index contributed by atoms with van der Waals surface area (Å²) in [6.07, 6.45) is 0.787. The van der Waals surface area contributed by atoms with Gasteiger partial charge in [-0.3, -0.25) is 0 Å². The van der Waals surface area contributed by atoms with E-state index in [0.717, 1.165) is 16.5 Å². The fourth-order valence-electron chi connectivity index (χ4n) is 1.43. The highest BCUT2D eigenvalue weighted by Gasteiger charge is 2.21. The Balaban J connectivity index is 0.000000980. The molecule has 0 saturated carbocycles. The number of carbonyl (C=O) groups is 1. The zero-order valence-electron chi connectivity index (χ0n) is 7.12. The number of fused-ring (bicyclic) bond motifs is 1. The molecule has 0 unspecified atom stereocenters. The van der Waals surface area contributed by atoms with Gasteiger partial charge in [0.05, 0.1) is 6.61 Å². The molecule has 1 aromatic carbocycles. The van der Waals surface area contributed by atoms with Crippen molar-refractivity contribution >= 4 is 34.3 Å². The molecule has 14 heavy (non-hydrogen) atoms. The fraction of sp³-hybridized carbons (Fsp3) is 0.222.